The van der Waals surface area contributed by atoms with E-state index in [0.29, 0.717) is 24.0 Å². The summed E-state index contributed by atoms with van der Waals surface area (Å²) in [5.41, 5.74) is 5.80. The molecule has 0 saturated carbocycles. The fraction of sp³-hybridized carbons (Fsp3) is 0.357. The molecule has 0 aliphatic carbocycles. The number of carbonyl (C=O) groups excluding carboxylic acids is 2. The van der Waals surface area contributed by atoms with Gasteiger partial charge in [0.1, 0.15) is 5.54 Å². The van der Waals surface area contributed by atoms with Gasteiger partial charge >= 0.3 is 0 Å². The molecule has 0 atom stereocenters. The summed E-state index contributed by atoms with van der Waals surface area (Å²) in [6.45, 7) is 3.76. The fourth-order valence-electron chi connectivity index (χ4n) is 2.60. The first kappa shape index (κ1) is 13.7. The summed E-state index contributed by atoms with van der Waals surface area (Å²) >= 11 is 5.11. The molecule has 19 heavy (non-hydrogen) atoms. The number of amides is 2. The number of carbonyl (C=O) groups is 2. The van der Waals surface area contributed by atoms with Crippen LogP contribution >= 0.6 is 12.2 Å². The Morgan fingerprint density at radius 1 is 1.16 bits per heavy atom. The Labute approximate surface area is 117 Å². The maximum absolute atomic E-state index is 12.5. The first-order chi connectivity index (χ1) is 8.99. The molecule has 0 unspecified atom stereocenters. The van der Waals surface area contributed by atoms with Gasteiger partial charge in [-0.2, -0.15) is 0 Å². The third-order valence-corrected chi connectivity index (χ3v) is 4.23. The van der Waals surface area contributed by atoms with E-state index >= 15 is 0 Å². The van der Waals surface area contributed by atoms with Gasteiger partial charge in [0.25, 0.3) is 11.8 Å². The van der Waals surface area contributed by atoms with Crippen LogP contribution in [0.3, 0.4) is 0 Å². The molecule has 0 aromatic heterocycles. The highest BCUT2D eigenvalue weighted by Crippen LogP contribution is 2.33. The maximum atomic E-state index is 12.5. The fourth-order valence-corrected chi connectivity index (χ4v) is 2.98. The molecule has 2 amide bonds. The van der Waals surface area contributed by atoms with Crippen molar-refractivity contribution in [3.8, 4) is 0 Å². The number of fused-ring (bicyclic) bond motifs is 1. The van der Waals surface area contributed by atoms with Crippen LogP contribution in [0.15, 0.2) is 24.3 Å². The van der Waals surface area contributed by atoms with Crippen molar-refractivity contribution in [3.05, 3.63) is 35.4 Å². The molecular weight excluding hydrogens is 260 g/mol. The molecule has 1 aromatic carbocycles. The molecule has 1 aliphatic rings. The quantitative estimate of drug-likeness (QED) is 0.676. The molecule has 100 valence electrons. The van der Waals surface area contributed by atoms with Gasteiger partial charge in [0.2, 0.25) is 0 Å². The van der Waals surface area contributed by atoms with E-state index in [0.717, 1.165) is 0 Å². The molecule has 2 N–H and O–H groups in total. The number of thiocarbonyl (C=S) groups is 1. The predicted octanol–water partition coefficient (Wildman–Crippen LogP) is 2.13. The second-order valence-electron chi connectivity index (χ2n) is 4.59. The van der Waals surface area contributed by atoms with Gasteiger partial charge in [-0.05, 0) is 25.0 Å². The molecule has 0 spiro atoms. The molecular formula is C14H16N2O2S. The normalized spacial score (nSPS) is 14.7. The zero-order valence-corrected chi connectivity index (χ0v) is 11.8. The highest BCUT2D eigenvalue weighted by Gasteiger charge is 2.48. The first-order valence-corrected chi connectivity index (χ1v) is 6.68. The Hall–Kier alpha value is -1.75. The van der Waals surface area contributed by atoms with E-state index in [2.05, 4.69) is 0 Å². The highest BCUT2D eigenvalue weighted by molar-refractivity contribution is 7.80. The van der Waals surface area contributed by atoms with E-state index in [1.165, 1.54) is 4.90 Å². The molecule has 1 aliphatic heterocycles. The Morgan fingerprint density at radius 3 is 1.89 bits per heavy atom. The second kappa shape index (κ2) is 4.74. The predicted molar refractivity (Wildman–Crippen MR) is 77.0 cm³/mol. The van der Waals surface area contributed by atoms with Gasteiger partial charge < -0.3 is 5.73 Å². The van der Waals surface area contributed by atoms with E-state index in [1.54, 1.807) is 24.3 Å². The Balaban J connectivity index is 2.57. The van der Waals surface area contributed by atoms with Crippen molar-refractivity contribution in [2.24, 2.45) is 5.73 Å². The summed E-state index contributed by atoms with van der Waals surface area (Å²) in [6, 6.07) is 6.80. The van der Waals surface area contributed by atoms with Crippen molar-refractivity contribution < 1.29 is 9.59 Å². The molecule has 5 heteroatoms. The monoisotopic (exact) mass is 276 g/mol. The number of hydrogen-bond donors (Lipinski definition) is 1. The van der Waals surface area contributed by atoms with Crippen LogP contribution in [0.25, 0.3) is 0 Å². The van der Waals surface area contributed by atoms with Crippen molar-refractivity contribution in [2.75, 3.05) is 0 Å². The Kier molecular flexibility index (Phi) is 3.41. The third kappa shape index (κ3) is 1.76. The lowest BCUT2D eigenvalue weighted by molar-refractivity contribution is 0.0512. The van der Waals surface area contributed by atoms with Crippen molar-refractivity contribution in [3.63, 3.8) is 0 Å². The van der Waals surface area contributed by atoms with Gasteiger partial charge in [0, 0.05) is 0 Å². The van der Waals surface area contributed by atoms with Gasteiger partial charge in [-0.25, -0.2) is 0 Å². The maximum Gasteiger partial charge on any atom is 0.262 e. The highest BCUT2D eigenvalue weighted by atomic mass is 32.1. The van der Waals surface area contributed by atoms with Crippen LogP contribution in [0, 0.1) is 0 Å². The van der Waals surface area contributed by atoms with Gasteiger partial charge in [0.15, 0.2) is 0 Å². The number of imide groups is 1. The standard InChI is InChI=1S/C14H16N2O2S/c1-3-14(4-2,13(15)19)16-11(17)9-7-5-6-8-10(9)12(16)18/h5-8H,3-4H2,1-2H3,(H2,15,19). The molecule has 0 bridgehead atoms. The van der Waals surface area contributed by atoms with Crippen LogP contribution in [-0.4, -0.2) is 27.2 Å². The lowest BCUT2D eigenvalue weighted by atomic mass is 9.90. The van der Waals surface area contributed by atoms with Gasteiger partial charge in [-0.15, -0.1) is 0 Å². The Bertz CT molecular complexity index is 529. The van der Waals surface area contributed by atoms with Crippen LogP contribution in [-0.2, 0) is 0 Å². The SMILES string of the molecule is CCC(CC)(C(N)=S)N1C(=O)c2ccccc2C1=O. The number of nitrogens with zero attached hydrogens (tertiary/aromatic N) is 1. The minimum Gasteiger partial charge on any atom is -0.391 e. The van der Waals surface area contributed by atoms with Crippen molar-refractivity contribution in [1.29, 1.82) is 0 Å². The molecule has 0 fully saturated rings. The number of nitrogens with two attached hydrogens (primary N) is 1. The van der Waals surface area contributed by atoms with E-state index in [9.17, 15) is 9.59 Å². The summed E-state index contributed by atoms with van der Waals surface area (Å²) in [5, 5.41) is 0. The lowest BCUT2D eigenvalue weighted by Gasteiger charge is -2.38. The van der Waals surface area contributed by atoms with Crippen LogP contribution in [0.4, 0.5) is 0 Å². The zero-order valence-electron chi connectivity index (χ0n) is 11.0. The first-order valence-electron chi connectivity index (χ1n) is 6.27. The molecule has 1 heterocycles. The minimum atomic E-state index is -0.872. The van der Waals surface area contributed by atoms with Gasteiger partial charge in [-0.1, -0.05) is 38.2 Å². The zero-order chi connectivity index (χ0) is 14.2. The summed E-state index contributed by atoms with van der Waals surface area (Å²) < 4.78 is 0. The molecule has 4 nitrogen and oxygen atoms in total. The number of hydrogen-bond acceptors (Lipinski definition) is 3. The molecule has 2 rings (SSSR count). The van der Waals surface area contributed by atoms with E-state index in [1.807, 2.05) is 13.8 Å². The van der Waals surface area contributed by atoms with Crippen molar-refractivity contribution in [1.82, 2.24) is 4.90 Å². The second-order valence-corrected chi connectivity index (χ2v) is 5.03. The average Bonchev–Trinajstić information content (AvgIpc) is 2.66. The molecule has 0 radical (unpaired) electrons. The molecule has 1 aromatic rings. The third-order valence-electron chi connectivity index (χ3n) is 3.85. The minimum absolute atomic E-state index is 0.187. The van der Waals surface area contributed by atoms with E-state index in [-0.39, 0.29) is 16.8 Å². The number of rotatable bonds is 4. The summed E-state index contributed by atoms with van der Waals surface area (Å²) in [5.74, 6) is -0.616. The van der Waals surface area contributed by atoms with Gasteiger partial charge in [0.05, 0.1) is 16.1 Å². The number of benzene rings is 1. The summed E-state index contributed by atoms with van der Waals surface area (Å²) in [6.07, 6.45) is 1.04. The smallest absolute Gasteiger partial charge is 0.262 e. The largest absolute Gasteiger partial charge is 0.391 e. The summed E-state index contributed by atoms with van der Waals surface area (Å²) in [4.78, 5) is 26.4. The van der Waals surface area contributed by atoms with Crippen molar-refractivity contribution in [2.45, 2.75) is 32.2 Å². The Morgan fingerprint density at radius 2 is 1.58 bits per heavy atom. The van der Waals surface area contributed by atoms with E-state index in [4.69, 9.17) is 18.0 Å². The molecule has 0 saturated heterocycles. The van der Waals surface area contributed by atoms with Crippen LogP contribution in [0.1, 0.15) is 47.4 Å². The van der Waals surface area contributed by atoms with E-state index < -0.39 is 5.54 Å². The van der Waals surface area contributed by atoms with Crippen LogP contribution in [0.2, 0.25) is 0 Å². The van der Waals surface area contributed by atoms with Crippen molar-refractivity contribution >= 4 is 29.0 Å². The van der Waals surface area contributed by atoms with Crippen LogP contribution < -0.4 is 5.73 Å². The topological polar surface area (TPSA) is 63.4 Å². The average molecular weight is 276 g/mol. The van der Waals surface area contributed by atoms with Crippen LogP contribution in [0.5, 0.6) is 0 Å². The van der Waals surface area contributed by atoms with Gasteiger partial charge in [-0.3, -0.25) is 14.5 Å². The lowest BCUT2D eigenvalue weighted by Crippen LogP contribution is -2.58. The summed E-state index contributed by atoms with van der Waals surface area (Å²) in [7, 11) is 0.